The summed E-state index contributed by atoms with van der Waals surface area (Å²) in [5.41, 5.74) is 3.95. The van der Waals surface area contributed by atoms with Crippen molar-refractivity contribution in [3.63, 3.8) is 0 Å². The predicted octanol–water partition coefficient (Wildman–Crippen LogP) is 3.92. The number of rotatable bonds is 10. The van der Waals surface area contributed by atoms with Crippen molar-refractivity contribution in [2.75, 3.05) is 19.7 Å². The van der Waals surface area contributed by atoms with Gasteiger partial charge in [0.25, 0.3) is 0 Å². The quantitative estimate of drug-likeness (QED) is 0.509. The number of carboxylic acids is 1. The summed E-state index contributed by atoms with van der Waals surface area (Å²) in [6.45, 7) is 2.42. The molecule has 1 unspecified atom stereocenters. The molecule has 1 saturated carbocycles. The van der Waals surface area contributed by atoms with Crippen LogP contribution in [-0.2, 0) is 14.3 Å². The van der Waals surface area contributed by atoms with Crippen LogP contribution in [0, 0.1) is 11.3 Å². The smallest absolute Gasteiger partial charge is 0.407 e. The number of carboxylic acid groups (broad SMARTS) is 1. The summed E-state index contributed by atoms with van der Waals surface area (Å²) in [6, 6.07) is 16.3. The number of carbonyl (C=O) groups excluding carboxylic acids is 2. The highest BCUT2D eigenvalue weighted by molar-refractivity contribution is 5.86. The van der Waals surface area contributed by atoms with Crippen LogP contribution in [0.3, 0.4) is 0 Å². The molecule has 33 heavy (non-hydrogen) atoms. The standard InChI is InChI=1S/C26H30N2O5/c1-2-7-17(23(29)30)14-27-24(31)26(12-13-26)16-28-25(32)33-15-22-20-10-5-3-8-18(20)19-9-4-6-11-21(19)22/h3-6,8-11,17,22H,2,7,12-16H2,1H3,(H,27,31)(H,28,32)(H,29,30). The van der Waals surface area contributed by atoms with E-state index in [4.69, 9.17) is 4.74 Å². The van der Waals surface area contributed by atoms with Crippen LogP contribution in [-0.4, -0.2) is 42.8 Å². The maximum absolute atomic E-state index is 12.6. The second-order valence-electron chi connectivity index (χ2n) is 8.99. The van der Waals surface area contributed by atoms with Gasteiger partial charge in [-0.15, -0.1) is 0 Å². The molecule has 4 rings (SSSR count). The van der Waals surface area contributed by atoms with E-state index >= 15 is 0 Å². The zero-order chi connectivity index (χ0) is 23.4. The van der Waals surface area contributed by atoms with Gasteiger partial charge in [0.15, 0.2) is 0 Å². The fourth-order valence-corrected chi connectivity index (χ4v) is 4.59. The second-order valence-corrected chi connectivity index (χ2v) is 8.99. The number of hydrogen-bond acceptors (Lipinski definition) is 4. The minimum absolute atomic E-state index is 0.0205. The molecule has 3 N–H and O–H groups in total. The van der Waals surface area contributed by atoms with Gasteiger partial charge < -0.3 is 20.5 Å². The van der Waals surface area contributed by atoms with Crippen LogP contribution in [0.2, 0.25) is 0 Å². The van der Waals surface area contributed by atoms with Crippen molar-refractivity contribution in [1.82, 2.24) is 10.6 Å². The van der Waals surface area contributed by atoms with E-state index in [9.17, 15) is 19.5 Å². The average molecular weight is 451 g/mol. The van der Waals surface area contributed by atoms with E-state index in [1.165, 1.54) is 11.1 Å². The molecule has 0 bridgehead atoms. The molecule has 174 valence electrons. The van der Waals surface area contributed by atoms with E-state index in [2.05, 4.69) is 34.9 Å². The van der Waals surface area contributed by atoms with E-state index < -0.39 is 23.4 Å². The van der Waals surface area contributed by atoms with Crippen LogP contribution >= 0.6 is 0 Å². The lowest BCUT2D eigenvalue weighted by atomic mass is 9.98. The third-order valence-corrected chi connectivity index (χ3v) is 6.75. The molecule has 2 aromatic carbocycles. The minimum Gasteiger partial charge on any atom is -0.481 e. The largest absolute Gasteiger partial charge is 0.481 e. The van der Waals surface area contributed by atoms with E-state index in [1.807, 2.05) is 31.2 Å². The van der Waals surface area contributed by atoms with Crippen molar-refractivity contribution in [2.45, 2.75) is 38.5 Å². The van der Waals surface area contributed by atoms with Crippen molar-refractivity contribution in [2.24, 2.45) is 11.3 Å². The van der Waals surface area contributed by atoms with E-state index in [-0.39, 0.29) is 31.5 Å². The molecule has 1 fully saturated rings. The van der Waals surface area contributed by atoms with Gasteiger partial charge in [-0.3, -0.25) is 9.59 Å². The highest BCUT2D eigenvalue weighted by atomic mass is 16.5. The first-order chi connectivity index (χ1) is 15.9. The number of carbonyl (C=O) groups is 3. The number of nitrogens with one attached hydrogen (secondary N) is 2. The highest BCUT2D eigenvalue weighted by Crippen LogP contribution is 2.46. The zero-order valence-electron chi connectivity index (χ0n) is 18.8. The lowest BCUT2D eigenvalue weighted by Gasteiger charge is -2.19. The summed E-state index contributed by atoms with van der Waals surface area (Å²) in [7, 11) is 0. The number of amides is 2. The first-order valence-electron chi connectivity index (χ1n) is 11.5. The Bertz CT molecular complexity index is 1000. The summed E-state index contributed by atoms with van der Waals surface area (Å²) < 4.78 is 5.54. The molecule has 7 nitrogen and oxygen atoms in total. The molecule has 7 heteroatoms. The Balaban J connectivity index is 1.29. The molecule has 0 aliphatic heterocycles. The Hall–Kier alpha value is -3.35. The average Bonchev–Trinajstić information content (AvgIpc) is 3.55. The minimum atomic E-state index is -0.904. The fraction of sp³-hybridized carbons (Fsp3) is 0.423. The van der Waals surface area contributed by atoms with Crippen LogP contribution in [0.4, 0.5) is 4.79 Å². The Morgan fingerprint density at radius 2 is 1.64 bits per heavy atom. The SMILES string of the molecule is CCCC(CNC(=O)C1(CNC(=O)OCC2c3ccccc3-c3ccccc32)CC1)C(=O)O. The number of benzene rings is 2. The molecule has 0 radical (unpaired) electrons. The van der Waals surface area contributed by atoms with Crippen LogP contribution in [0.1, 0.15) is 49.7 Å². The van der Waals surface area contributed by atoms with Crippen LogP contribution in [0.25, 0.3) is 11.1 Å². The molecule has 0 saturated heterocycles. The van der Waals surface area contributed by atoms with Crippen molar-refractivity contribution in [3.8, 4) is 11.1 Å². The summed E-state index contributed by atoms with van der Waals surface area (Å²) >= 11 is 0. The third-order valence-electron chi connectivity index (χ3n) is 6.75. The molecule has 0 spiro atoms. The predicted molar refractivity (Wildman–Crippen MR) is 124 cm³/mol. The van der Waals surface area contributed by atoms with E-state index in [1.54, 1.807) is 0 Å². The normalized spacial score (nSPS) is 16.3. The molecule has 2 aliphatic carbocycles. The molecule has 1 atom stereocenters. The fourth-order valence-electron chi connectivity index (χ4n) is 4.59. The first-order valence-corrected chi connectivity index (χ1v) is 11.5. The lowest BCUT2D eigenvalue weighted by Crippen LogP contribution is -2.43. The summed E-state index contributed by atoms with van der Waals surface area (Å²) in [5, 5.41) is 14.8. The molecular formula is C26H30N2O5. The van der Waals surface area contributed by atoms with E-state index in [0.29, 0.717) is 19.3 Å². The number of hydrogen-bond donors (Lipinski definition) is 3. The van der Waals surface area contributed by atoms with Crippen LogP contribution in [0.5, 0.6) is 0 Å². The number of fused-ring (bicyclic) bond motifs is 3. The summed E-state index contributed by atoms with van der Waals surface area (Å²) in [6.07, 6.45) is 2.02. The monoisotopic (exact) mass is 450 g/mol. The van der Waals surface area contributed by atoms with Crippen molar-refractivity contribution < 1.29 is 24.2 Å². The van der Waals surface area contributed by atoms with Gasteiger partial charge in [-0.05, 0) is 41.5 Å². The topological polar surface area (TPSA) is 105 Å². The summed E-state index contributed by atoms with van der Waals surface area (Å²) in [4.78, 5) is 36.3. The molecule has 2 aromatic rings. The second kappa shape index (κ2) is 9.65. The first kappa shape index (κ1) is 22.8. The number of ether oxygens (including phenoxy) is 1. The maximum Gasteiger partial charge on any atom is 0.407 e. The Kier molecular flexibility index (Phi) is 6.67. The van der Waals surface area contributed by atoms with Gasteiger partial charge in [0, 0.05) is 19.0 Å². The Morgan fingerprint density at radius 3 is 2.18 bits per heavy atom. The summed E-state index contributed by atoms with van der Waals surface area (Å²) in [5.74, 6) is -1.72. The van der Waals surface area contributed by atoms with Crippen LogP contribution in [0.15, 0.2) is 48.5 Å². The van der Waals surface area contributed by atoms with Gasteiger partial charge in [-0.25, -0.2) is 4.79 Å². The molecule has 2 aliphatic rings. The van der Waals surface area contributed by atoms with Gasteiger partial charge in [0.05, 0.1) is 11.3 Å². The van der Waals surface area contributed by atoms with Gasteiger partial charge in [-0.2, -0.15) is 0 Å². The maximum atomic E-state index is 12.6. The van der Waals surface area contributed by atoms with Gasteiger partial charge >= 0.3 is 12.1 Å². The van der Waals surface area contributed by atoms with Crippen molar-refractivity contribution >= 4 is 18.0 Å². The van der Waals surface area contributed by atoms with Gasteiger partial charge in [0.1, 0.15) is 6.61 Å². The van der Waals surface area contributed by atoms with Crippen LogP contribution < -0.4 is 10.6 Å². The van der Waals surface area contributed by atoms with E-state index in [0.717, 1.165) is 17.5 Å². The molecule has 2 amide bonds. The van der Waals surface area contributed by atoms with Gasteiger partial charge in [-0.1, -0.05) is 61.9 Å². The third kappa shape index (κ3) is 4.87. The Labute approximate surface area is 193 Å². The number of aliphatic carboxylic acids is 1. The molecule has 0 heterocycles. The Morgan fingerprint density at radius 1 is 1.03 bits per heavy atom. The number of alkyl carbamates (subject to hydrolysis) is 1. The highest BCUT2D eigenvalue weighted by Gasteiger charge is 2.50. The van der Waals surface area contributed by atoms with Crippen molar-refractivity contribution in [1.29, 1.82) is 0 Å². The van der Waals surface area contributed by atoms with Crippen molar-refractivity contribution in [3.05, 3.63) is 59.7 Å². The lowest BCUT2D eigenvalue weighted by molar-refractivity contribution is -0.142. The molecule has 0 aromatic heterocycles. The molecular weight excluding hydrogens is 420 g/mol. The van der Waals surface area contributed by atoms with Gasteiger partial charge in [0.2, 0.25) is 5.91 Å². The zero-order valence-corrected chi connectivity index (χ0v) is 18.8.